The van der Waals surface area contributed by atoms with Crippen molar-refractivity contribution in [2.75, 3.05) is 0 Å². The molecule has 1 aromatic rings. The lowest BCUT2D eigenvalue weighted by atomic mass is 9.79. The molecule has 0 spiro atoms. The van der Waals surface area contributed by atoms with Gasteiger partial charge in [0.05, 0.1) is 22.5 Å². The summed E-state index contributed by atoms with van der Waals surface area (Å²) in [7, 11) is -0.846. The number of hydrogen-bond acceptors (Lipinski definition) is 3. The van der Waals surface area contributed by atoms with Crippen LogP contribution in [0.1, 0.15) is 52.8 Å². The average molecular weight is 329 g/mol. The molecule has 3 nitrogen and oxygen atoms in total. The Hall–Kier alpha value is -1.08. The zero-order valence-electron chi connectivity index (χ0n) is 14.4. The quantitative estimate of drug-likeness (QED) is 0.794. The first kappa shape index (κ1) is 18.3. The monoisotopic (exact) mass is 329 g/mol. The molecule has 0 aromatic carbocycles. The van der Waals surface area contributed by atoms with Gasteiger partial charge in [-0.3, -0.25) is 4.98 Å². The van der Waals surface area contributed by atoms with E-state index >= 15 is 0 Å². The average Bonchev–Trinajstić information content (AvgIpc) is 2.56. The number of alkyl halides is 3. The third kappa shape index (κ3) is 3.71. The van der Waals surface area contributed by atoms with Crippen LogP contribution in [0.25, 0.3) is 0 Å². The maximum Gasteiger partial charge on any atom is 0.496 e. The minimum absolute atomic E-state index is 0.0627. The van der Waals surface area contributed by atoms with Gasteiger partial charge in [-0.2, -0.15) is 13.2 Å². The van der Waals surface area contributed by atoms with Crippen LogP contribution in [-0.4, -0.2) is 23.3 Å². The second-order valence-corrected chi connectivity index (χ2v) is 7.45. The van der Waals surface area contributed by atoms with Gasteiger partial charge in [0, 0.05) is 11.7 Å². The third-order valence-corrected chi connectivity index (χ3v) is 4.42. The van der Waals surface area contributed by atoms with Gasteiger partial charge in [0.15, 0.2) is 0 Å². The minimum Gasteiger partial charge on any atom is -0.399 e. The summed E-state index contributed by atoms with van der Waals surface area (Å²) in [6.07, 6.45) is -2.75. The number of aromatic nitrogens is 1. The standard InChI is InChI=1S/C16H23BF3NO2/c1-10(2)7-13-12(16(18,19)20)8-11(9-21-13)17-22-14(3,4)15(5,6)23-17/h8-10H,7H2,1-6H3. The molecule has 1 fully saturated rings. The van der Waals surface area contributed by atoms with Crippen molar-refractivity contribution in [2.24, 2.45) is 5.92 Å². The molecule has 23 heavy (non-hydrogen) atoms. The molecule has 128 valence electrons. The van der Waals surface area contributed by atoms with E-state index in [1.54, 1.807) is 0 Å². The summed E-state index contributed by atoms with van der Waals surface area (Å²) in [5, 5.41) is 0. The summed E-state index contributed by atoms with van der Waals surface area (Å²) < 4.78 is 51.7. The highest BCUT2D eigenvalue weighted by Gasteiger charge is 2.52. The Morgan fingerprint density at radius 1 is 1.13 bits per heavy atom. The zero-order valence-corrected chi connectivity index (χ0v) is 14.4. The van der Waals surface area contributed by atoms with Gasteiger partial charge in [0.25, 0.3) is 0 Å². The van der Waals surface area contributed by atoms with Gasteiger partial charge in [-0.1, -0.05) is 13.8 Å². The molecule has 1 aliphatic heterocycles. The Kier molecular flexibility index (Phi) is 4.59. The van der Waals surface area contributed by atoms with Crippen molar-refractivity contribution < 1.29 is 22.5 Å². The third-order valence-electron chi connectivity index (χ3n) is 4.42. The molecule has 1 aromatic heterocycles. The number of rotatable bonds is 3. The molecule has 0 radical (unpaired) electrons. The Morgan fingerprint density at radius 3 is 2.09 bits per heavy atom. The Labute approximate surface area is 135 Å². The lowest BCUT2D eigenvalue weighted by Gasteiger charge is -2.32. The molecule has 1 saturated heterocycles. The molecule has 0 saturated carbocycles. The molecule has 0 unspecified atom stereocenters. The van der Waals surface area contributed by atoms with Crippen molar-refractivity contribution in [3.63, 3.8) is 0 Å². The van der Waals surface area contributed by atoms with Crippen LogP contribution in [0.2, 0.25) is 0 Å². The number of hydrogen-bond donors (Lipinski definition) is 0. The van der Waals surface area contributed by atoms with Crippen LogP contribution < -0.4 is 5.46 Å². The maximum absolute atomic E-state index is 13.3. The van der Waals surface area contributed by atoms with E-state index in [1.165, 1.54) is 6.20 Å². The van der Waals surface area contributed by atoms with Crippen LogP contribution in [0, 0.1) is 5.92 Å². The topological polar surface area (TPSA) is 31.4 Å². The van der Waals surface area contributed by atoms with Gasteiger partial charge in [0.1, 0.15) is 0 Å². The van der Waals surface area contributed by atoms with E-state index in [2.05, 4.69) is 4.98 Å². The van der Waals surface area contributed by atoms with E-state index in [1.807, 2.05) is 41.5 Å². The molecule has 0 N–H and O–H groups in total. The predicted octanol–water partition coefficient (Wildman–Crippen LogP) is 3.60. The zero-order chi connectivity index (χ0) is 17.6. The predicted molar refractivity (Wildman–Crippen MR) is 83.5 cm³/mol. The first-order valence-electron chi connectivity index (χ1n) is 7.75. The van der Waals surface area contributed by atoms with Crippen molar-refractivity contribution in [3.05, 3.63) is 23.5 Å². The highest BCUT2D eigenvalue weighted by Crippen LogP contribution is 2.37. The van der Waals surface area contributed by atoms with Gasteiger partial charge >= 0.3 is 13.3 Å². The second kappa shape index (κ2) is 5.78. The lowest BCUT2D eigenvalue weighted by molar-refractivity contribution is -0.138. The van der Waals surface area contributed by atoms with Crippen molar-refractivity contribution in [3.8, 4) is 0 Å². The first-order chi connectivity index (χ1) is 10.3. The second-order valence-electron chi connectivity index (χ2n) is 7.45. The smallest absolute Gasteiger partial charge is 0.399 e. The van der Waals surface area contributed by atoms with Gasteiger partial charge in [-0.15, -0.1) is 0 Å². The fourth-order valence-corrected chi connectivity index (χ4v) is 2.41. The molecule has 2 rings (SSSR count). The van der Waals surface area contributed by atoms with Crippen molar-refractivity contribution >= 4 is 12.6 Å². The molecule has 0 aliphatic carbocycles. The maximum atomic E-state index is 13.3. The summed E-state index contributed by atoms with van der Waals surface area (Å²) in [6, 6.07) is 1.10. The van der Waals surface area contributed by atoms with Crippen LogP contribution >= 0.6 is 0 Å². The molecule has 0 bridgehead atoms. The Balaban J connectivity index is 2.39. The van der Waals surface area contributed by atoms with Crippen molar-refractivity contribution in [2.45, 2.75) is 65.3 Å². The summed E-state index contributed by atoms with van der Waals surface area (Å²) in [5.74, 6) is 0.0892. The van der Waals surface area contributed by atoms with Gasteiger partial charge in [0.2, 0.25) is 0 Å². The summed E-state index contributed by atoms with van der Waals surface area (Å²) >= 11 is 0. The van der Waals surface area contributed by atoms with E-state index in [9.17, 15) is 13.2 Å². The van der Waals surface area contributed by atoms with E-state index in [4.69, 9.17) is 9.31 Å². The fourth-order valence-electron chi connectivity index (χ4n) is 2.41. The number of pyridine rings is 1. The summed E-state index contributed by atoms with van der Waals surface area (Å²) in [6.45, 7) is 11.2. The number of halogens is 3. The highest BCUT2D eigenvalue weighted by atomic mass is 19.4. The van der Waals surface area contributed by atoms with Crippen LogP contribution in [0.15, 0.2) is 12.3 Å². The Morgan fingerprint density at radius 2 is 1.65 bits per heavy atom. The molecule has 0 amide bonds. The highest BCUT2D eigenvalue weighted by molar-refractivity contribution is 6.62. The minimum atomic E-state index is -4.45. The van der Waals surface area contributed by atoms with Crippen LogP contribution in [0.5, 0.6) is 0 Å². The Bertz CT molecular complexity index is 569. The van der Waals surface area contributed by atoms with Crippen molar-refractivity contribution in [1.29, 1.82) is 0 Å². The normalized spacial score (nSPS) is 20.3. The van der Waals surface area contributed by atoms with E-state index in [0.29, 0.717) is 5.46 Å². The summed E-state index contributed by atoms with van der Waals surface area (Å²) in [4.78, 5) is 4.05. The molecule has 1 aliphatic rings. The van der Waals surface area contributed by atoms with Gasteiger partial charge < -0.3 is 9.31 Å². The van der Waals surface area contributed by atoms with Crippen LogP contribution in [0.3, 0.4) is 0 Å². The van der Waals surface area contributed by atoms with E-state index in [-0.39, 0.29) is 18.0 Å². The van der Waals surface area contributed by atoms with Crippen molar-refractivity contribution in [1.82, 2.24) is 4.98 Å². The fraction of sp³-hybridized carbons (Fsp3) is 0.688. The molecule has 7 heteroatoms. The SMILES string of the molecule is CC(C)Cc1ncc(B2OC(C)(C)C(C)(C)O2)cc1C(F)(F)F. The lowest BCUT2D eigenvalue weighted by Crippen LogP contribution is -2.41. The molecule has 0 atom stereocenters. The van der Waals surface area contributed by atoms with E-state index < -0.39 is 30.1 Å². The molecular weight excluding hydrogens is 306 g/mol. The molecule has 2 heterocycles. The summed E-state index contributed by atoms with van der Waals surface area (Å²) in [5.41, 5.74) is -1.56. The first-order valence-corrected chi connectivity index (χ1v) is 7.75. The largest absolute Gasteiger partial charge is 0.496 e. The van der Waals surface area contributed by atoms with Gasteiger partial charge in [-0.25, -0.2) is 0 Å². The van der Waals surface area contributed by atoms with E-state index in [0.717, 1.165) is 6.07 Å². The number of nitrogens with zero attached hydrogens (tertiary/aromatic N) is 1. The molecular formula is C16H23BF3NO2. The van der Waals surface area contributed by atoms with Crippen LogP contribution in [-0.2, 0) is 21.9 Å². The van der Waals surface area contributed by atoms with Gasteiger partial charge in [-0.05, 0) is 46.1 Å². The van der Waals surface area contributed by atoms with Crippen LogP contribution in [0.4, 0.5) is 13.2 Å².